The summed E-state index contributed by atoms with van der Waals surface area (Å²) in [5, 5.41) is 8.80. The second-order valence-electron chi connectivity index (χ2n) is 4.94. The van der Waals surface area contributed by atoms with Crippen LogP contribution in [0.15, 0.2) is 0 Å². The van der Waals surface area contributed by atoms with E-state index in [0.717, 1.165) is 25.9 Å². The van der Waals surface area contributed by atoms with Gasteiger partial charge in [0.05, 0.1) is 25.8 Å². The van der Waals surface area contributed by atoms with Crippen molar-refractivity contribution >= 4 is 5.91 Å². The molecular weight excluding hydrogens is 232 g/mol. The van der Waals surface area contributed by atoms with Crippen molar-refractivity contribution in [2.45, 2.75) is 25.0 Å². The molecule has 6 nitrogen and oxygen atoms in total. The predicted molar refractivity (Wildman–Crippen MR) is 65.6 cm³/mol. The Morgan fingerprint density at radius 2 is 2.11 bits per heavy atom. The van der Waals surface area contributed by atoms with Crippen molar-refractivity contribution in [2.24, 2.45) is 5.73 Å². The molecule has 2 aliphatic heterocycles. The van der Waals surface area contributed by atoms with Gasteiger partial charge >= 0.3 is 0 Å². The van der Waals surface area contributed by atoms with Crippen molar-refractivity contribution in [1.29, 1.82) is 5.26 Å². The van der Waals surface area contributed by atoms with Gasteiger partial charge in [0.15, 0.2) is 6.10 Å². The Hall–Kier alpha value is -1.16. The average molecular weight is 252 g/mol. The maximum atomic E-state index is 12.1. The molecule has 18 heavy (non-hydrogen) atoms. The molecule has 0 aromatic rings. The molecule has 1 unspecified atom stereocenters. The zero-order valence-electron chi connectivity index (χ0n) is 10.5. The quantitative estimate of drug-likeness (QED) is 0.693. The molecule has 2 heterocycles. The smallest absolute Gasteiger partial charge is 0.236 e. The molecule has 2 rings (SSSR count). The molecule has 2 fully saturated rings. The first-order valence-electron chi connectivity index (χ1n) is 6.46. The monoisotopic (exact) mass is 252 g/mol. The van der Waals surface area contributed by atoms with E-state index >= 15 is 0 Å². The van der Waals surface area contributed by atoms with E-state index in [1.165, 1.54) is 0 Å². The normalized spacial score (nSPS) is 26.9. The maximum Gasteiger partial charge on any atom is 0.236 e. The first-order valence-corrected chi connectivity index (χ1v) is 6.46. The van der Waals surface area contributed by atoms with Crippen LogP contribution in [0.1, 0.15) is 12.8 Å². The highest BCUT2D eigenvalue weighted by molar-refractivity contribution is 5.78. The van der Waals surface area contributed by atoms with Crippen LogP contribution in [0.5, 0.6) is 0 Å². The number of rotatable bonds is 2. The lowest BCUT2D eigenvalue weighted by Gasteiger charge is -2.34. The summed E-state index contributed by atoms with van der Waals surface area (Å²) in [4.78, 5) is 16.0. The number of ether oxygens (including phenoxy) is 1. The Morgan fingerprint density at radius 3 is 2.78 bits per heavy atom. The van der Waals surface area contributed by atoms with Crippen molar-refractivity contribution in [1.82, 2.24) is 9.80 Å². The lowest BCUT2D eigenvalue weighted by molar-refractivity contribution is -0.138. The fourth-order valence-electron chi connectivity index (χ4n) is 2.36. The second kappa shape index (κ2) is 6.14. The minimum absolute atomic E-state index is 0.0917. The molecule has 0 bridgehead atoms. The van der Waals surface area contributed by atoms with Crippen molar-refractivity contribution in [3.05, 3.63) is 0 Å². The average Bonchev–Trinajstić information content (AvgIpc) is 2.41. The van der Waals surface area contributed by atoms with Gasteiger partial charge in [0, 0.05) is 25.7 Å². The first kappa shape index (κ1) is 13.3. The fraction of sp³-hybridized carbons (Fsp3) is 0.833. The first-order chi connectivity index (χ1) is 8.69. The number of nitrogens with zero attached hydrogens (tertiary/aromatic N) is 3. The van der Waals surface area contributed by atoms with Gasteiger partial charge in [0.1, 0.15) is 0 Å². The summed E-state index contributed by atoms with van der Waals surface area (Å²) in [5.74, 6) is 0.0917. The highest BCUT2D eigenvalue weighted by Crippen LogP contribution is 2.10. The Kier molecular flexibility index (Phi) is 4.53. The van der Waals surface area contributed by atoms with Crippen molar-refractivity contribution in [3.63, 3.8) is 0 Å². The van der Waals surface area contributed by atoms with E-state index in [-0.39, 0.29) is 11.9 Å². The molecule has 1 amide bonds. The molecule has 100 valence electrons. The molecule has 0 aromatic carbocycles. The van der Waals surface area contributed by atoms with E-state index in [4.69, 9.17) is 15.7 Å². The molecule has 2 aliphatic rings. The van der Waals surface area contributed by atoms with Crippen LogP contribution in [-0.4, -0.2) is 67.2 Å². The number of carbonyl (C=O) groups excluding carboxylic acids is 1. The SMILES string of the molecule is N#CC1CN(C(=O)CN2CCC(N)CC2)CCO1. The molecule has 0 saturated carbocycles. The van der Waals surface area contributed by atoms with E-state index in [9.17, 15) is 4.79 Å². The largest absolute Gasteiger partial charge is 0.360 e. The number of piperidine rings is 1. The Labute approximate surface area is 107 Å². The molecule has 6 heteroatoms. The van der Waals surface area contributed by atoms with Crippen LogP contribution >= 0.6 is 0 Å². The standard InChI is InChI=1S/C12H20N4O2/c13-7-11-8-16(5-6-18-11)12(17)9-15-3-1-10(14)2-4-15/h10-11H,1-6,8-9,14H2. The van der Waals surface area contributed by atoms with Crippen LogP contribution in [0, 0.1) is 11.3 Å². The zero-order valence-corrected chi connectivity index (χ0v) is 10.5. The van der Waals surface area contributed by atoms with Gasteiger partial charge in [0.2, 0.25) is 5.91 Å². The third-order valence-electron chi connectivity index (χ3n) is 3.55. The molecule has 0 radical (unpaired) electrons. The molecule has 2 saturated heterocycles. The van der Waals surface area contributed by atoms with Crippen LogP contribution in [0.4, 0.5) is 0 Å². The Bertz CT molecular complexity index is 333. The summed E-state index contributed by atoms with van der Waals surface area (Å²) >= 11 is 0. The van der Waals surface area contributed by atoms with Gasteiger partial charge in [0.25, 0.3) is 0 Å². The number of nitriles is 1. The van der Waals surface area contributed by atoms with Crippen LogP contribution in [0.25, 0.3) is 0 Å². The number of morpholine rings is 1. The summed E-state index contributed by atoms with van der Waals surface area (Å²) in [6.45, 7) is 3.64. The molecule has 2 N–H and O–H groups in total. The minimum Gasteiger partial charge on any atom is -0.360 e. The van der Waals surface area contributed by atoms with Crippen molar-refractivity contribution in [2.75, 3.05) is 39.3 Å². The van der Waals surface area contributed by atoms with Crippen LogP contribution in [0.3, 0.4) is 0 Å². The van der Waals surface area contributed by atoms with Crippen molar-refractivity contribution < 1.29 is 9.53 Å². The van der Waals surface area contributed by atoms with E-state index in [1.807, 2.05) is 0 Å². The topological polar surface area (TPSA) is 82.6 Å². The number of amides is 1. The lowest BCUT2D eigenvalue weighted by atomic mass is 10.1. The molecule has 0 spiro atoms. The van der Waals surface area contributed by atoms with Gasteiger partial charge in [-0.15, -0.1) is 0 Å². The predicted octanol–water partition coefficient (Wildman–Crippen LogP) is -0.840. The van der Waals surface area contributed by atoms with Crippen molar-refractivity contribution in [3.8, 4) is 6.07 Å². The third-order valence-corrected chi connectivity index (χ3v) is 3.55. The van der Waals surface area contributed by atoms with Gasteiger partial charge in [-0.2, -0.15) is 5.26 Å². The summed E-state index contributed by atoms with van der Waals surface area (Å²) in [7, 11) is 0. The second-order valence-corrected chi connectivity index (χ2v) is 4.94. The van der Waals surface area contributed by atoms with E-state index in [2.05, 4.69) is 11.0 Å². The molecule has 0 aliphatic carbocycles. The highest BCUT2D eigenvalue weighted by Gasteiger charge is 2.26. The summed E-state index contributed by atoms with van der Waals surface area (Å²) < 4.78 is 5.23. The maximum absolute atomic E-state index is 12.1. The Balaban J connectivity index is 1.79. The van der Waals surface area contributed by atoms with Gasteiger partial charge in [-0.25, -0.2) is 0 Å². The van der Waals surface area contributed by atoms with E-state index in [0.29, 0.717) is 26.2 Å². The summed E-state index contributed by atoms with van der Waals surface area (Å²) in [5.41, 5.74) is 5.83. The number of hydrogen-bond acceptors (Lipinski definition) is 5. The number of hydrogen-bond donors (Lipinski definition) is 1. The van der Waals surface area contributed by atoms with Gasteiger partial charge in [-0.3, -0.25) is 9.69 Å². The highest BCUT2D eigenvalue weighted by atomic mass is 16.5. The van der Waals surface area contributed by atoms with Crippen LogP contribution in [0.2, 0.25) is 0 Å². The third kappa shape index (κ3) is 3.42. The van der Waals surface area contributed by atoms with Gasteiger partial charge < -0.3 is 15.4 Å². The Morgan fingerprint density at radius 1 is 1.39 bits per heavy atom. The van der Waals surface area contributed by atoms with Gasteiger partial charge in [-0.05, 0) is 12.8 Å². The van der Waals surface area contributed by atoms with E-state index < -0.39 is 6.10 Å². The number of likely N-dealkylation sites (tertiary alicyclic amines) is 1. The molecule has 0 aromatic heterocycles. The van der Waals surface area contributed by atoms with E-state index in [1.54, 1.807) is 4.90 Å². The number of carbonyl (C=O) groups is 1. The summed E-state index contributed by atoms with van der Waals surface area (Å²) in [6, 6.07) is 2.33. The summed E-state index contributed by atoms with van der Waals surface area (Å²) in [6.07, 6.45) is 1.44. The number of nitrogens with two attached hydrogens (primary N) is 1. The zero-order chi connectivity index (χ0) is 13.0. The van der Waals surface area contributed by atoms with Gasteiger partial charge in [-0.1, -0.05) is 0 Å². The fourth-order valence-corrected chi connectivity index (χ4v) is 2.36. The molecule has 1 atom stereocenters. The minimum atomic E-state index is -0.475. The lowest BCUT2D eigenvalue weighted by Crippen LogP contribution is -2.50. The van der Waals surface area contributed by atoms with Crippen LogP contribution < -0.4 is 5.73 Å². The molecular formula is C12H20N4O2. The van der Waals surface area contributed by atoms with Crippen LogP contribution in [-0.2, 0) is 9.53 Å².